The molecule has 7 heteroatoms. The number of amides is 2. The number of carbonyl (C=O) groups excluding carboxylic acids is 2. The van der Waals surface area contributed by atoms with Crippen LogP contribution in [0.4, 0.5) is 5.69 Å². The van der Waals surface area contributed by atoms with Gasteiger partial charge in [0.1, 0.15) is 0 Å². The van der Waals surface area contributed by atoms with Crippen LogP contribution in [0.2, 0.25) is 0 Å². The summed E-state index contributed by atoms with van der Waals surface area (Å²) >= 11 is 0. The zero-order valence-corrected chi connectivity index (χ0v) is 16.7. The normalized spacial score (nSPS) is 11.3. The highest BCUT2D eigenvalue weighted by molar-refractivity contribution is 5.92. The molecule has 0 unspecified atom stereocenters. The molecule has 2 amide bonds. The number of hydrogen-bond donors (Lipinski definition) is 1. The predicted molar refractivity (Wildman–Crippen MR) is 115 cm³/mol. The molecule has 2 aliphatic rings. The molecule has 1 aliphatic heterocycles. The van der Waals surface area contributed by atoms with Crippen molar-refractivity contribution in [1.82, 2.24) is 9.55 Å². The number of rotatable bonds is 2. The van der Waals surface area contributed by atoms with E-state index in [-0.39, 0.29) is 24.2 Å². The Morgan fingerprint density at radius 1 is 0.966 bits per heavy atom. The third-order valence-electron chi connectivity index (χ3n) is 4.28. The molecule has 0 bridgehead atoms. The Morgan fingerprint density at radius 3 is 2.41 bits per heavy atom. The van der Waals surface area contributed by atoms with Crippen LogP contribution in [0.1, 0.15) is 13.8 Å². The van der Waals surface area contributed by atoms with E-state index in [9.17, 15) is 9.59 Å². The van der Waals surface area contributed by atoms with Crippen LogP contribution in [-0.2, 0) is 9.59 Å². The van der Waals surface area contributed by atoms with Gasteiger partial charge in [-0.05, 0) is 48.5 Å². The molecule has 0 aromatic heterocycles. The maximum atomic E-state index is 11.5. The summed E-state index contributed by atoms with van der Waals surface area (Å²) in [4.78, 5) is 31.7. The predicted octanol–water partition coefficient (Wildman–Crippen LogP) is 3.96. The lowest BCUT2D eigenvalue weighted by atomic mass is 10.1. The van der Waals surface area contributed by atoms with E-state index in [1.165, 1.54) is 13.8 Å². The van der Waals surface area contributed by atoms with Gasteiger partial charge in [-0.2, -0.15) is 0 Å². The van der Waals surface area contributed by atoms with Crippen LogP contribution in [0.3, 0.4) is 0 Å². The van der Waals surface area contributed by atoms with E-state index in [0.717, 1.165) is 28.1 Å². The average Bonchev–Trinajstić information content (AvgIpc) is 2.66. The quantitative estimate of drug-likeness (QED) is 0.512. The zero-order valence-electron chi connectivity index (χ0n) is 15.9. The monoisotopic (exact) mass is 406 g/mol. The number of aromatic nitrogens is 2. The molecular weight excluding hydrogens is 388 g/mol. The molecule has 0 spiro atoms. The van der Waals surface area contributed by atoms with E-state index >= 15 is 0 Å². The molecule has 1 N–H and O–H groups in total. The minimum atomic E-state index is -0.257. The molecule has 0 fully saturated rings. The largest absolute Gasteiger partial charge is 0.326 e. The van der Waals surface area contributed by atoms with Crippen LogP contribution < -0.4 is 10.7 Å². The number of hydrogen-bond acceptors (Lipinski definition) is 3. The number of nitrogens with one attached hydrogen (secondary N) is 1. The second-order valence-corrected chi connectivity index (χ2v) is 6.47. The van der Waals surface area contributed by atoms with Crippen molar-refractivity contribution in [3.05, 3.63) is 72.1 Å². The maximum absolute atomic E-state index is 11.5. The summed E-state index contributed by atoms with van der Waals surface area (Å²) in [5.74, 6) is -0.394. The lowest BCUT2D eigenvalue weighted by Gasteiger charge is -2.19. The smallest absolute Gasteiger partial charge is 0.243 e. The molecule has 146 valence electrons. The van der Waals surface area contributed by atoms with Crippen molar-refractivity contribution in [3.8, 4) is 17.1 Å². The van der Waals surface area contributed by atoms with Gasteiger partial charge < -0.3 is 9.88 Å². The molecule has 0 atom stereocenters. The molecular formula is C22H19ClN4O2. The Kier molecular flexibility index (Phi) is 5.75. The van der Waals surface area contributed by atoms with Crippen LogP contribution in [-0.4, -0.2) is 21.4 Å². The minimum Gasteiger partial charge on any atom is -0.326 e. The first-order valence-electron chi connectivity index (χ1n) is 8.86. The summed E-state index contributed by atoms with van der Waals surface area (Å²) < 4.78 is 2.06. The molecule has 1 heterocycles. The molecule has 2 aromatic rings. The van der Waals surface area contributed by atoms with Crippen molar-refractivity contribution < 1.29 is 9.59 Å². The fraction of sp³-hybridized carbons (Fsp3) is 0.0909. The summed E-state index contributed by atoms with van der Waals surface area (Å²) in [6, 6.07) is 21.0. The number of nitrogens with zero attached hydrogens (tertiary/aromatic N) is 3. The van der Waals surface area contributed by atoms with Crippen LogP contribution in [0.5, 0.6) is 0 Å². The third-order valence-corrected chi connectivity index (χ3v) is 4.28. The van der Waals surface area contributed by atoms with Crippen molar-refractivity contribution in [2.75, 3.05) is 5.32 Å². The van der Waals surface area contributed by atoms with Gasteiger partial charge in [0.2, 0.25) is 11.8 Å². The van der Waals surface area contributed by atoms with E-state index in [0.29, 0.717) is 11.0 Å². The Balaban J connectivity index is 0.00000240. The Bertz CT molecular complexity index is 1250. The Morgan fingerprint density at radius 2 is 1.72 bits per heavy atom. The second-order valence-electron chi connectivity index (χ2n) is 6.47. The number of para-hydroxylation sites is 1. The van der Waals surface area contributed by atoms with Gasteiger partial charge in [-0.1, -0.05) is 18.2 Å². The molecule has 6 nitrogen and oxygen atoms in total. The Hall–Kier alpha value is -3.51. The summed E-state index contributed by atoms with van der Waals surface area (Å²) in [5.41, 5.74) is 4.87. The number of anilines is 1. The Labute approximate surface area is 173 Å². The van der Waals surface area contributed by atoms with Crippen LogP contribution in [0.25, 0.3) is 28.1 Å². The van der Waals surface area contributed by atoms with E-state index in [1.54, 1.807) is 6.07 Å². The molecule has 29 heavy (non-hydrogen) atoms. The fourth-order valence-electron chi connectivity index (χ4n) is 3.23. The third kappa shape index (κ3) is 4.17. The van der Waals surface area contributed by atoms with Crippen molar-refractivity contribution in [3.63, 3.8) is 0 Å². The van der Waals surface area contributed by atoms with Crippen molar-refractivity contribution in [2.24, 2.45) is 4.99 Å². The number of halogens is 1. The first-order valence-corrected chi connectivity index (χ1v) is 8.86. The first kappa shape index (κ1) is 20.2. The molecule has 2 aromatic carbocycles. The molecule has 0 saturated heterocycles. The lowest BCUT2D eigenvalue weighted by molar-refractivity contribution is -0.116. The van der Waals surface area contributed by atoms with E-state index < -0.39 is 0 Å². The highest BCUT2D eigenvalue weighted by Crippen LogP contribution is 2.29. The number of fused-ring (bicyclic) bond motifs is 2. The average molecular weight is 407 g/mol. The summed E-state index contributed by atoms with van der Waals surface area (Å²) in [6.45, 7) is 2.90. The lowest BCUT2D eigenvalue weighted by Crippen LogP contribution is -2.12. The molecule has 0 radical (unpaired) electrons. The van der Waals surface area contributed by atoms with Crippen molar-refractivity contribution in [2.45, 2.75) is 13.8 Å². The molecule has 0 saturated carbocycles. The molecule has 1 aliphatic carbocycles. The number of carbonyl (C=O) groups is 2. The van der Waals surface area contributed by atoms with E-state index in [1.807, 2.05) is 60.7 Å². The molecule has 4 rings (SSSR count). The van der Waals surface area contributed by atoms with Crippen LogP contribution in [0.15, 0.2) is 71.7 Å². The van der Waals surface area contributed by atoms with Crippen LogP contribution in [0, 0.1) is 0 Å². The standard InChI is InChI=1S/C22H18N4O2.ClH/c1-14(27)23-16-8-10-19-21(12-16)26(18-6-4-3-5-7-18)22-13-17(24-15(2)28)9-11-20(22)25-19;/h3-13H,1-2H3,(H,23,27);1H. The maximum Gasteiger partial charge on any atom is 0.243 e. The van der Waals surface area contributed by atoms with Gasteiger partial charge in [0, 0.05) is 25.2 Å². The van der Waals surface area contributed by atoms with Gasteiger partial charge in [-0.25, -0.2) is 9.98 Å². The highest BCUT2D eigenvalue weighted by atomic mass is 35.5. The topological polar surface area (TPSA) is 76.3 Å². The van der Waals surface area contributed by atoms with E-state index in [4.69, 9.17) is 4.98 Å². The zero-order chi connectivity index (χ0) is 19.7. The SMILES string of the molecule is CC(=O)N=c1ccc2nc3ccc(NC(C)=O)cc3n(-c3ccccc3)c-2c1.Cl. The van der Waals surface area contributed by atoms with Gasteiger partial charge in [0.15, 0.2) is 0 Å². The van der Waals surface area contributed by atoms with Crippen molar-refractivity contribution >= 4 is 40.9 Å². The van der Waals surface area contributed by atoms with E-state index in [2.05, 4.69) is 14.9 Å². The van der Waals surface area contributed by atoms with Gasteiger partial charge >= 0.3 is 0 Å². The van der Waals surface area contributed by atoms with Crippen LogP contribution >= 0.6 is 12.4 Å². The van der Waals surface area contributed by atoms with Gasteiger partial charge in [0.25, 0.3) is 0 Å². The van der Waals surface area contributed by atoms with Gasteiger partial charge in [-0.15, -0.1) is 12.4 Å². The highest BCUT2D eigenvalue weighted by Gasteiger charge is 2.15. The second kappa shape index (κ2) is 8.24. The first-order chi connectivity index (χ1) is 13.5. The van der Waals surface area contributed by atoms with Gasteiger partial charge in [-0.3, -0.25) is 9.59 Å². The fourth-order valence-corrected chi connectivity index (χ4v) is 3.23. The van der Waals surface area contributed by atoms with Crippen molar-refractivity contribution in [1.29, 1.82) is 0 Å². The minimum absolute atomic E-state index is 0. The summed E-state index contributed by atoms with van der Waals surface area (Å²) in [7, 11) is 0. The number of benzene rings is 3. The summed E-state index contributed by atoms with van der Waals surface area (Å²) in [6.07, 6.45) is 0. The summed E-state index contributed by atoms with van der Waals surface area (Å²) in [5, 5.41) is 3.39. The van der Waals surface area contributed by atoms with Gasteiger partial charge in [0.05, 0.1) is 27.8 Å².